The van der Waals surface area contributed by atoms with Gasteiger partial charge in [-0.1, -0.05) is 0 Å². The van der Waals surface area contributed by atoms with E-state index in [-0.39, 0.29) is 49.7 Å². The number of benzene rings is 1. The third kappa shape index (κ3) is 9.05. The highest BCUT2D eigenvalue weighted by Crippen LogP contribution is 2.09. The second kappa shape index (κ2) is 13.3. The zero-order valence-electron chi connectivity index (χ0n) is 15.0. The number of hydrogen-bond donors (Lipinski definition) is 4. The van der Waals surface area contributed by atoms with E-state index in [2.05, 4.69) is 20.9 Å². The summed E-state index contributed by atoms with van der Waals surface area (Å²) in [7, 11) is 0. The molecule has 1 aliphatic rings. The zero-order valence-corrected chi connectivity index (χ0v) is 16.7. The van der Waals surface area contributed by atoms with Crippen molar-refractivity contribution < 1.29 is 14.4 Å². The number of hydrogen-bond acceptors (Lipinski definition) is 5. The van der Waals surface area contributed by atoms with Crippen molar-refractivity contribution in [2.24, 2.45) is 5.73 Å². The van der Waals surface area contributed by atoms with Gasteiger partial charge >= 0.3 is 0 Å². The summed E-state index contributed by atoms with van der Waals surface area (Å²) in [4.78, 5) is 37.1. The maximum absolute atomic E-state index is 12.1. The van der Waals surface area contributed by atoms with Crippen LogP contribution in [0.5, 0.6) is 0 Å². The molecule has 3 amide bonds. The van der Waals surface area contributed by atoms with Gasteiger partial charge in [-0.05, 0) is 50.2 Å². The summed E-state index contributed by atoms with van der Waals surface area (Å²) in [5, 5.41) is 7.92. The van der Waals surface area contributed by atoms with Gasteiger partial charge in [0, 0.05) is 24.3 Å². The molecule has 27 heavy (non-hydrogen) atoms. The normalized spacial score (nSPS) is 13.1. The summed E-state index contributed by atoms with van der Waals surface area (Å²) < 4.78 is 0. The van der Waals surface area contributed by atoms with Gasteiger partial charge in [-0.25, -0.2) is 0 Å². The first-order valence-corrected chi connectivity index (χ1v) is 8.45. The lowest BCUT2D eigenvalue weighted by Crippen LogP contribution is -2.36. The summed E-state index contributed by atoms with van der Waals surface area (Å²) in [6, 6.07) is 6.61. The minimum Gasteiger partial charge on any atom is -0.351 e. The van der Waals surface area contributed by atoms with E-state index in [9.17, 15) is 14.4 Å². The van der Waals surface area contributed by atoms with E-state index in [1.165, 1.54) is 12.8 Å². The fourth-order valence-electron chi connectivity index (χ4n) is 2.60. The molecule has 0 atom stereocenters. The molecule has 0 aromatic heterocycles. The molecule has 1 fully saturated rings. The van der Waals surface area contributed by atoms with Crippen LogP contribution >= 0.6 is 24.8 Å². The maximum atomic E-state index is 12.1. The van der Waals surface area contributed by atoms with Crippen LogP contribution in [0.1, 0.15) is 23.2 Å². The highest BCUT2D eigenvalue weighted by Gasteiger charge is 2.12. The van der Waals surface area contributed by atoms with E-state index in [1.807, 2.05) is 0 Å². The van der Waals surface area contributed by atoms with Crippen LogP contribution in [0, 0.1) is 0 Å². The van der Waals surface area contributed by atoms with Crippen LogP contribution < -0.4 is 21.7 Å². The Morgan fingerprint density at radius 1 is 0.963 bits per heavy atom. The second-order valence-corrected chi connectivity index (χ2v) is 5.91. The Balaban J connectivity index is 0.00000338. The van der Waals surface area contributed by atoms with Gasteiger partial charge in [-0.15, -0.1) is 24.8 Å². The van der Waals surface area contributed by atoms with Crippen LogP contribution in [0.4, 0.5) is 5.69 Å². The van der Waals surface area contributed by atoms with Gasteiger partial charge in [0.05, 0.1) is 13.1 Å². The molecule has 0 bridgehead atoms. The number of nitrogens with one attached hydrogen (secondary N) is 3. The SMILES string of the molecule is Cl.Cl.NCC(=O)NCC(=O)Nc1ccc(C(=O)NCCN2CCCC2)cc1. The van der Waals surface area contributed by atoms with Gasteiger partial charge in [0.25, 0.3) is 5.91 Å². The first-order chi connectivity index (χ1) is 12.1. The molecule has 0 spiro atoms. The van der Waals surface area contributed by atoms with Crippen LogP contribution in [0.2, 0.25) is 0 Å². The Hall–Kier alpha value is -1.87. The van der Waals surface area contributed by atoms with E-state index >= 15 is 0 Å². The number of amides is 3. The molecule has 1 aromatic carbocycles. The summed E-state index contributed by atoms with van der Waals surface area (Å²) >= 11 is 0. The first kappa shape index (κ1) is 25.1. The standard InChI is InChI=1S/C17H25N5O3.2ClH/c18-11-15(23)20-12-16(24)21-14-5-3-13(4-6-14)17(25)19-7-10-22-8-1-2-9-22;;/h3-6H,1-2,7-12,18H2,(H,19,25)(H,20,23)(H,21,24);2*1H. The molecule has 1 aliphatic heterocycles. The van der Waals surface area contributed by atoms with Gasteiger partial charge in [0.2, 0.25) is 11.8 Å². The number of likely N-dealkylation sites (tertiary alicyclic amines) is 1. The number of halogens is 2. The molecule has 0 radical (unpaired) electrons. The van der Waals surface area contributed by atoms with E-state index in [0.29, 0.717) is 17.8 Å². The molecular formula is C17H27Cl2N5O3. The van der Waals surface area contributed by atoms with Crippen molar-refractivity contribution in [2.45, 2.75) is 12.8 Å². The van der Waals surface area contributed by atoms with Crippen molar-refractivity contribution in [1.29, 1.82) is 0 Å². The Labute approximate surface area is 171 Å². The third-order valence-electron chi connectivity index (χ3n) is 3.97. The van der Waals surface area contributed by atoms with Gasteiger partial charge in [0.15, 0.2) is 0 Å². The number of carbonyl (C=O) groups is 3. The Bertz CT molecular complexity index is 607. The zero-order chi connectivity index (χ0) is 18.1. The van der Waals surface area contributed by atoms with E-state index in [0.717, 1.165) is 19.6 Å². The van der Waals surface area contributed by atoms with Crippen LogP contribution in [0.3, 0.4) is 0 Å². The topological polar surface area (TPSA) is 117 Å². The predicted molar refractivity (Wildman–Crippen MR) is 110 cm³/mol. The van der Waals surface area contributed by atoms with Crippen LogP contribution in [-0.2, 0) is 9.59 Å². The summed E-state index contributed by atoms with van der Waals surface area (Å²) in [6.45, 7) is 3.40. The lowest BCUT2D eigenvalue weighted by Gasteiger charge is -2.14. The largest absolute Gasteiger partial charge is 0.351 e. The number of rotatable bonds is 8. The third-order valence-corrected chi connectivity index (χ3v) is 3.97. The van der Waals surface area contributed by atoms with Crippen molar-refractivity contribution >= 4 is 48.2 Å². The summed E-state index contributed by atoms with van der Waals surface area (Å²) in [5.74, 6) is -0.881. The number of carbonyl (C=O) groups excluding carboxylic acids is 3. The van der Waals surface area contributed by atoms with Gasteiger partial charge in [0.1, 0.15) is 0 Å². The smallest absolute Gasteiger partial charge is 0.251 e. The molecule has 0 aliphatic carbocycles. The second-order valence-electron chi connectivity index (χ2n) is 5.91. The molecule has 10 heteroatoms. The van der Waals surface area contributed by atoms with Crippen LogP contribution in [-0.4, -0.2) is 61.9 Å². The Kier molecular flexibility index (Phi) is 12.4. The van der Waals surface area contributed by atoms with Crippen molar-refractivity contribution in [3.63, 3.8) is 0 Å². The average Bonchev–Trinajstić information content (AvgIpc) is 3.13. The first-order valence-electron chi connectivity index (χ1n) is 8.45. The Morgan fingerprint density at radius 3 is 2.19 bits per heavy atom. The number of nitrogens with two attached hydrogens (primary N) is 1. The van der Waals surface area contributed by atoms with Crippen molar-refractivity contribution in [3.05, 3.63) is 29.8 Å². The molecule has 8 nitrogen and oxygen atoms in total. The van der Waals surface area contributed by atoms with Crippen molar-refractivity contribution in [3.8, 4) is 0 Å². The maximum Gasteiger partial charge on any atom is 0.251 e. The van der Waals surface area contributed by atoms with Gasteiger partial charge in [-0.3, -0.25) is 14.4 Å². The summed E-state index contributed by atoms with van der Waals surface area (Å²) in [6.07, 6.45) is 2.47. The van der Waals surface area contributed by atoms with E-state index < -0.39 is 5.91 Å². The molecule has 1 heterocycles. The minimum absolute atomic E-state index is 0. The average molecular weight is 420 g/mol. The lowest BCUT2D eigenvalue weighted by atomic mass is 10.2. The van der Waals surface area contributed by atoms with Crippen molar-refractivity contribution in [1.82, 2.24) is 15.5 Å². The monoisotopic (exact) mass is 419 g/mol. The predicted octanol–water partition coefficient (Wildman–Crippen LogP) is 0.369. The molecule has 152 valence electrons. The molecule has 2 rings (SSSR count). The van der Waals surface area contributed by atoms with Gasteiger partial charge in [-0.2, -0.15) is 0 Å². The quantitative estimate of drug-likeness (QED) is 0.485. The van der Waals surface area contributed by atoms with Gasteiger partial charge < -0.3 is 26.6 Å². The van der Waals surface area contributed by atoms with Crippen LogP contribution in [0.15, 0.2) is 24.3 Å². The highest BCUT2D eigenvalue weighted by molar-refractivity contribution is 5.97. The molecule has 0 unspecified atom stereocenters. The summed E-state index contributed by atoms with van der Waals surface area (Å²) in [5.41, 5.74) is 6.24. The molecular weight excluding hydrogens is 393 g/mol. The number of nitrogens with zero attached hydrogens (tertiary/aromatic N) is 1. The fourth-order valence-corrected chi connectivity index (χ4v) is 2.60. The van der Waals surface area contributed by atoms with E-state index in [1.54, 1.807) is 24.3 Å². The van der Waals surface area contributed by atoms with Crippen LogP contribution in [0.25, 0.3) is 0 Å². The molecule has 5 N–H and O–H groups in total. The fraction of sp³-hybridized carbons (Fsp3) is 0.471. The minimum atomic E-state index is -0.393. The molecule has 1 aromatic rings. The molecule has 0 saturated carbocycles. The van der Waals surface area contributed by atoms with Crippen molar-refractivity contribution in [2.75, 3.05) is 44.6 Å². The molecule has 1 saturated heterocycles. The Morgan fingerprint density at radius 2 is 1.59 bits per heavy atom. The number of anilines is 1. The highest BCUT2D eigenvalue weighted by atomic mass is 35.5. The van der Waals surface area contributed by atoms with E-state index in [4.69, 9.17) is 5.73 Å². The lowest BCUT2D eigenvalue weighted by molar-refractivity contribution is -0.123.